The maximum absolute atomic E-state index is 13.4. The van der Waals surface area contributed by atoms with Crippen LogP contribution in [0.3, 0.4) is 0 Å². The highest BCUT2D eigenvalue weighted by Crippen LogP contribution is 2.26. The minimum absolute atomic E-state index is 0.205. The van der Waals surface area contributed by atoms with Gasteiger partial charge in [-0.3, -0.25) is 10.1 Å². The molecule has 0 saturated carbocycles. The molecule has 2 aromatic heterocycles. The zero-order valence-electron chi connectivity index (χ0n) is 14.3. The molecule has 1 N–H and O–H groups in total. The SMILES string of the molecule is Cc1oc(-c2ccccc2)nc1C(=O)Nc1nc(-c2cccc(F)c2)cs1. The Morgan fingerprint density at radius 1 is 1.07 bits per heavy atom. The molecular weight excluding hydrogens is 365 g/mol. The Hall–Kier alpha value is -3.32. The van der Waals surface area contributed by atoms with Gasteiger partial charge in [0.15, 0.2) is 10.8 Å². The first-order chi connectivity index (χ1) is 13.1. The second-order valence-electron chi connectivity index (χ2n) is 5.79. The van der Waals surface area contributed by atoms with E-state index in [9.17, 15) is 9.18 Å². The summed E-state index contributed by atoms with van der Waals surface area (Å²) in [4.78, 5) is 21.2. The molecule has 0 aliphatic rings. The largest absolute Gasteiger partial charge is 0.441 e. The Morgan fingerprint density at radius 3 is 2.63 bits per heavy atom. The van der Waals surface area contributed by atoms with Crippen LogP contribution in [0.25, 0.3) is 22.7 Å². The number of hydrogen-bond donors (Lipinski definition) is 1. The number of rotatable bonds is 4. The zero-order valence-corrected chi connectivity index (χ0v) is 15.1. The fourth-order valence-electron chi connectivity index (χ4n) is 2.58. The predicted molar refractivity (Wildman–Crippen MR) is 102 cm³/mol. The number of aromatic nitrogens is 2. The summed E-state index contributed by atoms with van der Waals surface area (Å²) >= 11 is 1.26. The van der Waals surface area contributed by atoms with E-state index in [4.69, 9.17) is 4.42 Å². The maximum Gasteiger partial charge on any atom is 0.279 e. The lowest BCUT2D eigenvalue weighted by molar-refractivity contribution is 0.102. The Morgan fingerprint density at radius 2 is 1.85 bits per heavy atom. The molecule has 0 unspecified atom stereocenters. The monoisotopic (exact) mass is 379 g/mol. The van der Waals surface area contributed by atoms with Gasteiger partial charge in [0.2, 0.25) is 5.89 Å². The number of anilines is 1. The molecule has 27 heavy (non-hydrogen) atoms. The fraction of sp³-hybridized carbons (Fsp3) is 0.0500. The minimum Gasteiger partial charge on any atom is -0.441 e. The highest BCUT2D eigenvalue weighted by atomic mass is 32.1. The molecule has 0 atom stereocenters. The van der Waals surface area contributed by atoms with Gasteiger partial charge in [0.05, 0.1) is 5.69 Å². The van der Waals surface area contributed by atoms with Crippen LogP contribution in [-0.2, 0) is 0 Å². The topological polar surface area (TPSA) is 68.0 Å². The standard InChI is InChI=1S/C20H14FN3O2S/c1-12-17(23-19(26-12)13-6-3-2-4-7-13)18(25)24-20-22-16(11-27-20)14-8-5-9-15(21)10-14/h2-11H,1H3,(H,22,24,25). The van der Waals surface area contributed by atoms with Crippen LogP contribution in [0.5, 0.6) is 0 Å². The van der Waals surface area contributed by atoms with E-state index in [1.54, 1.807) is 24.4 Å². The van der Waals surface area contributed by atoms with Crippen LogP contribution in [0.1, 0.15) is 16.2 Å². The third kappa shape index (κ3) is 3.63. The van der Waals surface area contributed by atoms with Crippen molar-refractivity contribution in [2.45, 2.75) is 6.92 Å². The van der Waals surface area contributed by atoms with Crippen LogP contribution in [0.15, 0.2) is 64.4 Å². The average molecular weight is 379 g/mol. The predicted octanol–water partition coefficient (Wildman–Crippen LogP) is 5.16. The number of nitrogens with zero attached hydrogens (tertiary/aromatic N) is 2. The van der Waals surface area contributed by atoms with E-state index < -0.39 is 5.91 Å². The molecule has 2 heterocycles. The number of aryl methyl sites for hydroxylation is 1. The van der Waals surface area contributed by atoms with Gasteiger partial charge < -0.3 is 4.42 Å². The quantitative estimate of drug-likeness (QED) is 0.531. The summed E-state index contributed by atoms with van der Waals surface area (Å²) < 4.78 is 19.0. The van der Waals surface area contributed by atoms with Gasteiger partial charge >= 0.3 is 0 Å². The summed E-state index contributed by atoms with van der Waals surface area (Å²) in [5, 5.41) is 4.89. The van der Waals surface area contributed by atoms with Crippen molar-refractivity contribution >= 4 is 22.4 Å². The van der Waals surface area contributed by atoms with Gasteiger partial charge in [0.1, 0.15) is 11.6 Å². The summed E-state index contributed by atoms with van der Waals surface area (Å²) in [6, 6.07) is 15.5. The lowest BCUT2D eigenvalue weighted by Crippen LogP contribution is -2.13. The van der Waals surface area contributed by atoms with E-state index >= 15 is 0 Å². The molecule has 1 amide bonds. The Labute approximate surface area is 158 Å². The van der Waals surface area contributed by atoms with Crippen molar-refractivity contribution in [3.63, 3.8) is 0 Å². The number of amides is 1. The molecule has 134 valence electrons. The molecule has 4 aromatic rings. The Balaban J connectivity index is 1.54. The molecule has 5 nitrogen and oxygen atoms in total. The fourth-order valence-corrected chi connectivity index (χ4v) is 3.29. The van der Waals surface area contributed by atoms with Gasteiger partial charge in [-0.05, 0) is 31.2 Å². The number of halogens is 1. The molecule has 0 bridgehead atoms. The third-order valence-electron chi connectivity index (χ3n) is 3.88. The number of benzene rings is 2. The molecule has 0 fully saturated rings. The average Bonchev–Trinajstić information content (AvgIpc) is 3.29. The van der Waals surface area contributed by atoms with Crippen LogP contribution in [0.2, 0.25) is 0 Å². The molecule has 7 heteroatoms. The molecule has 0 saturated heterocycles. The number of carbonyl (C=O) groups is 1. The first-order valence-corrected chi connectivity index (χ1v) is 9.04. The maximum atomic E-state index is 13.4. The van der Waals surface area contributed by atoms with E-state index in [1.807, 2.05) is 30.3 Å². The molecule has 4 rings (SSSR count). The van der Waals surface area contributed by atoms with Gasteiger partial charge in [-0.25, -0.2) is 14.4 Å². The summed E-state index contributed by atoms with van der Waals surface area (Å²) in [7, 11) is 0. The molecular formula is C20H14FN3O2S. The molecule has 0 radical (unpaired) electrons. The number of thiazole rings is 1. The van der Waals surface area contributed by atoms with E-state index in [1.165, 1.54) is 23.5 Å². The van der Waals surface area contributed by atoms with Crippen molar-refractivity contribution < 1.29 is 13.6 Å². The minimum atomic E-state index is -0.404. The smallest absolute Gasteiger partial charge is 0.279 e. The van der Waals surface area contributed by atoms with E-state index in [2.05, 4.69) is 15.3 Å². The number of oxazole rings is 1. The molecule has 0 aliphatic carbocycles. The summed E-state index contributed by atoms with van der Waals surface area (Å²) in [6.07, 6.45) is 0. The summed E-state index contributed by atoms with van der Waals surface area (Å²) in [6.45, 7) is 1.69. The Kier molecular flexibility index (Phi) is 4.52. The van der Waals surface area contributed by atoms with E-state index in [0.717, 1.165) is 5.56 Å². The Bertz CT molecular complexity index is 1110. The van der Waals surface area contributed by atoms with Crippen molar-refractivity contribution in [3.05, 3.63) is 77.2 Å². The zero-order chi connectivity index (χ0) is 18.8. The van der Waals surface area contributed by atoms with Crippen LogP contribution in [-0.4, -0.2) is 15.9 Å². The van der Waals surface area contributed by atoms with Crippen molar-refractivity contribution in [2.24, 2.45) is 0 Å². The first kappa shape index (κ1) is 17.1. The van der Waals surface area contributed by atoms with E-state index in [-0.39, 0.29) is 11.5 Å². The summed E-state index contributed by atoms with van der Waals surface area (Å²) in [5.41, 5.74) is 2.24. The highest BCUT2D eigenvalue weighted by Gasteiger charge is 2.19. The van der Waals surface area contributed by atoms with Gasteiger partial charge in [-0.15, -0.1) is 11.3 Å². The van der Waals surface area contributed by atoms with Gasteiger partial charge in [-0.2, -0.15) is 0 Å². The van der Waals surface area contributed by atoms with E-state index in [0.29, 0.717) is 28.0 Å². The normalized spacial score (nSPS) is 10.7. The number of nitrogens with one attached hydrogen (secondary N) is 1. The second-order valence-corrected chi connectivity index (χ2v) is 6.65. The van der Waals surface area contributed by atoms with Crippen LogP contribution >= 0.6 is 11.3 Å². The van der Waals surface area contributed by atoms with Crippen molar-refractivity contribution in [2.75, 3.05) is 5.32 Å². The van der Waals surface area contributed by atoms with Gasteiger partial charge in [0, 0.05) is 16.5 Å². The first-order valence-electron chi connectivity index (χ1n) is 8.16. The lowest BCUT2D eigenvalue weighted by Gasteiger charge is -1.99. The summed E-state index contributed by atoms with van der Waals surface area (Å²) in [5.74, 6) is 0.0717. The van der Waals surface area contributed by atoms with Crippen molar-refractivity contribution in [1.29, 1.82) is 0 Å². The van der Waals surface area contributed by atoms with Gasteiger partial charge in [-0.1, -0.05) is 30.3 Å². The van der Waals surface area contributed by atoms with Gasteiger partial charge in [0.25, 0.3) is 5.91 Å². The third-order valence-corrected chi connectivity index (χ3v) is 4.64. The number of carbonyl (C=O) groups excluding carboxylic acids is 1. The van der Waals surface area contributed by atoms with Crippen LogP contribution < -0.4 is 5.32 Å². The number of hydrogen-bond acceptors (Lipinski definition) is 5. The second kappa shape index (κ2) is 7.13. The lowest BCUT2D eigenvalue weighted by atomic mass is 10.2. The highest BCUT2D eigenvalue weighted by molar-refractivity contribution is 7.14. The van der Waals surface area contributed by atoms with Crippen molar-refractivity contribution in [1.82, 2.24) is 9.97 Å². The van der Waals surface area contributed by atoms with Crippen LogP contribution in [0, 0.1) is 12.7 Å². The van der Waals surface area contributed by atoms with Crippen molar-refractivity contribution in [3.8, 4) is 22.7 Å². The molecule has 2 aromatic carbocycles. The molecule has 0 spiro atoms. The van der Waals surface area contributed by atoms with Crippen LogP contribution in [0.4, 0.5) is 9.52 Å². The molecule has 0 aliphatic heterocycles.